The summed E-state index contributed by atoms with van der Waals surface area (Å²) in [5.41, 5.74) is 1.56. The molecule has 5 rings (SSSR count). The van der Waals surface area contributed by atoms with E-state index >= 15 is 0 Å². The Hall–Kier alpha value is -2.70. The fraction of sp³-hybridized carbons (Fsp3) is 0.545. The highest BCUT2D eigenvalue weighted by atomic mass is 16.2. The number of nitrogens with zero attached hydrogens (tertiary/aromatic N) is 1. The number of carbonyl (C=O) groups is 4. The van der Waals surface area contributed by atoms with E-state index in [1.807, 2.05) is 12.1 Å². The number of likely N-dealkylation sites (N-methyl/N-ethyl adjacent to an activating group) is 1. The van der Waals surface area contributed by atoms with Gasteiger partial charge in [0, 0.05) is 32.0 Å². The van der Waals surface area contributed by atoms with Crippen LogP contribution in [0.15, 0.2) is 18.2 Å². The molecule has 1 heterocycles. The molecule has 1 aromatic carbocycles. The number of fused-ring (bicyclic) bond motifs is 3. The number of anilines is 1. The van der Waals surface area contributed by atoms with Crippen LogP contribution >= 0.6 is 0 Å². The average Bonchev–Trinajstić information content (AvgIpc) is 3.43. The summed E-state index contributed by atoms with van der Waals surface area (Å²) in [7, 11) is 1.63. The van der Waals surface area contributed by atoms with Gasteiger partial charge in [-0.05, 0) is 60.3 Å². The van der Waals surface area contributed by atoms with Gasteiger partial charge in [-0.25, -0.2) is 4.79 Å². The van der Waals surface area contributed by atoms with Crippen LogP contribution in [-0.2, 0) is 27.2 Å². The van der Waals surface area contributed by atoms with Crippen LogP contribution in [0.25, 0.3) is 0 Å². The van der Waals surface area contributed by atoms with Gasteiger partial charge in [-0.1, -0.05) is 12.5 Å². The number of nitrogens with one attached hydrogen (secondary N) is 2. The molecular weight excluding hydrogens is 370 g/mol. The van der Waals surface area contributed by atoms with Gasteiger partial charge in [-0.3, -0.25) is 19.7 Å². The van der Waals surface area contributed by atoms with Gasteiger partial charge in [0.1, 0.15) is 5.54 Å². The van der Waals surface area contributed by atoms with Crippen LogP contribution in [0.2, 0.25) is 0 Å². The van der Waals surface area contributed by atoms with Gasteiger partial charge in [-0.15, -0.1) is 0 Å². The number of imide groups is 1. The minimum atomic E-state index is -0.889. The molecule has 1 saturated heterocycles. The maximum absolute atomic E-state index is 12.4. The third kappa shape index (κ3) is 2.86. The zero-order chi connectivity index (χ0) is 20.3. The summed E-state index contributed by atoms with van der Waals surface area (Å²) in [4.78, 5) is 50.6. The Balaban J connectivity index is 1.25. The predicted molar refractivity (Wildman–Crippen MR) is 105 cm³/mol. The van der Waals surface area contributed by atoms with E-state index in [9.17, 15) is 19.2 Å². The summed E-state index contributed by atoms with van der Waals surface area (Å²) in [5, 5.41) is 5.11. The lowest BCUT2D eigenvalue weighted by molar-refractivity contribution is -0.135. The van der Waals surface area contributed by atoms with Crippen molar-refractivity contribution in [1.29, 1.82) is 0 Å². The van der Waals surface area contributed by atoms with Gasteiger partial charge < -0.3 is 10.2 Å². The van der Waals surface area contributed by atoms with Crippen LogP contribution in [0, 0.1) is 17.8 Å². The predicted octanol–water partition coefficient (Wildman–Crippen LogP) is 2.04. The third-order valence-corrected chi connectivity index (χ3v) is 7.61. The lowest BCUT2D eigenvalue weighted by Crippen LogP contribution is -2.48. The highest BCUT2D eigenvalue weighted by molar-refractivity contribution is 6.40. The van der Waals surface area contributed by atoms with Gasteiger partial charge >= 0.3 is 6.03 Å². The van der Waals surface area contributed by atoms with Crippen LogP contribution in [0.5, 0.6) is 0 Å². The molecule has 0 aromatic heterocycles. The van der Waals surface area contributed by atoms with Gasteiger partial charge in [0.25, 0.3) is 11.8 Å². The van der Waals surface area contributed by atoms with Crippen molar-refractivity contribution < 1.29 is 19.2 Å². The van der Waals surface area contributed by atoms with Crippen molar-refractivity contribution >= 4 is 29.3 Å². The molecule has 0 radical (unpaired) electrons. The van der Waals surface area contributed by atoms with Crippen molar-refractivity contribution in [2.24, 2.45) is 17.8 Å². The Morgan fingerprint density at radius 2 is 1.97 bits per heavy atom. The molecule has 1 aromatic rings. The molecule has 3 fully saturated rings. The first-order chi connectivity index (χ1) is 13.9. The van der Waals surface area contributed by atoms with E-state index in [0.29, 0.717) is 36.8 Å². The van der Waals surface area contributed by atoms with Crippen LogP contribution in [0.1, 0.15) is 43.2 Å². The van der Waals surface area contributed by atoms with E-state index < -0.39 is 11.4 Å². The van der Waals surface area contributed by atoms with Gasteiger partial charge in [0.05, 0.1) is 0 Å². The van der Waals surface area contributed by atoms with Crippen LogP contribution in [0.3, 0.4) is 0 Å². The Labute approximate surface area is 169 Å². The maximum atomic E-state index is 12.4. The molecule has 7 heteroatoms. The van der Waals surface area contributed by atoms with E-state index in [2.05, 4.69) is 10.6 Å². The molecule has 7 nitrogen and oxygen atoms in total. The second-order valence-electron chi connectivity index (χ2n) is 9.20. The first-order valence-electron chi connectivity index (χ1n) is 10.4. The Bertz CT molecular complexity index is 942. The fourth-order valence-corrected chi connectivity index (χ4v) is 5.93. The highest BCUT2D eigenvalue weighted by Crippen LogP contribution is 2.49. The number of ketones is 1. The van der Waals surface area contributed by atoms with E-state index in [4.69, 9.17) is 0 Å². The normalized spacial score (nSPS) is 32.0. The van der Waals surface area contributed by atoms with Gasteiger partial charge in [0.2, 0.25) is 5.78 Å². The van der Waals surface area contributed by atoms with E-state index in [-0.39, 0.29) is 17.7 Å². The number of hydrogen-bond donors (Lipinski definition) is 2. The van der Waals surface area contributed by atoms with Gasteiger partial charge in [0.15, 0.2) is 0 Å². The fourth-order valence-electron chi connectivity index (χ4n) is 5.93. The Kier molecular flexibility index (Phi) is 4.05. The summed E-state index contributed by atoms with van der Waals surface area (Å²) >= 11 is 0. The zero-order valence-corrected chi connectivity index (χ0v) is 16.5. The molecule has 29 heavy (non-hydrogen) atoms. The summed E-state index contributed by atoms with van der Waals surface area (Å²) < 4.78 is 0. The van der Waals surface area contributed by atoms with Crippen LogP contribution in [-0.4, -0.2) is 41.1 Å². The molecule has 2 N–H and O–H groups in total. The number of carbonyl (C=O) groups excluding carboxylic acids is 4. The molecular formula is C22H25N3O4. The van der Waals surface area contributed by atoms with Crippen molar-refractivity contribution in [1.82, 2.24) is 10.2 Å². The molecule has 2 unspecified atom stereocenters. The van der Waals surface area contributed by atoms with E-state index in [1.165, 1.54) is 24.2 Å². The molecule has 2 bridgehead atoms. The largest absolute Gasteiger partial charge is 0.324 e. The summed E-state index contributed by atoms with van der Waals surface area (Å²) in [6, 6.07) is 5.05. The van der Waals surface area contributed by atoms with Crippen molar-refractivity contribution in [3.63, 3.8) is 0 Å². The maximum Gasteiger partial charge on any atom is 0.324 e. The average molecular weight is 395 g/mol. The monoisotopic (exact) mass is 395 g/mol. The number of Topliss-reactive ketones (excluding diaryl/α,β-unsaturated/α-hetero) is 1. The zero-order valence-electron chi connectivity index (χ0n) is 16.5. The summed E-state index contributed by atoms with van der Waals surface area (Å²) in [5.74, 6) is 0.535. The third-order valence-electron chi connectivity index (χ3n) is 7.61. The van der Waals surface area contributed by atoms with E-state index in [1.54, 1.807) is 13.1 Å². The molecule has 152 valence electrons. The van der Waals surface area contributed by atoms with E-state index in [0.717, 1.165) is 23.5 Å². The quantitative estimate of drug-likeness (QED) is 0.602. The number of benzene rings is 1. The minimum Gasteiger partial charge on any atom is -0.319 e. The molecule has 2 saturated carbocycles. The second kappa shape index (κ2) is 6.40. The molecule has 1 spiro atoms. The van der Waals surface area contributed by atoms with Crippen LogP contribution < -0.4 is 10.6 Å². The van der Waals surface area contributed by atoms with Gasteiger partial charge in [-0.2, -0.15) is 0 Å². The standard InChI is InChI=1S/C22H25N3O4/c1-25-21(29)24-20(28)22(25)10-14-4-5-17(8-16(14)11-22)23-19(27)18(26)9-15-7-12-2-3-13(15)6-12/h4-5,8,12-13,15H,2-3,6-7,9-11H2,1H3,(H,23,27)(H,24,28,29)/t12-,13+,15?,22?/m1/s1. The Morgan fingerprint density at radius 1 is 1.17 bits per heavy atom. The number of hydrogen-bond acceptors (Lipinski definition) is 4. The minimum absolute atomic E-state index is 0.284. The second-order valence-corrected chi connectivity index (χ2v) is 9.20. The number of amides is 4. The van der Waals surface area contributed by atoms with Crippen molar-refractivity contribution in [2.75, 3.05) is 12.4 Å². The first kappa shape index (κ1) is 18.3. The molecule has 4 atom stereocenters. The smallest absolute Gasteiger partial charge is 0.319 e. The SMILES string of the molecule is CN1C(=O)NC(=O)C12Cc1ccc(NC(=O)C(=O)CC3C[C@@H]4CC[C@H]3C4)cc1C2. The molecule has 3 aliphatic carbocycles. The molecule has 4 amide bonds. The molecule has 1 aliphatic heterocycles. The lowest BCUT2D eigenvalue weighted by atomic mass is 9.85. The lowest BCUT2D eigenvalue weighted by Gasteiger charge is -2.27. The number of rotatable bonds is 4. The highest BCUT2D eigenvalue weighted by Gasteiger charge is 2.54. The summed E-state index contributed by atoms with van der Waals surface area (Å²) in [6.07, 6.45) is 5.97. The van der Waals surface area contributed by atoms with Crippen molar-refractivity contribution in [3.8, 4) is 0 Å². The Morgan fingerprint density at radius 3 is 2.62 bits per heavy atom. The number of urea groups is 1. The first-order valence-corrected chi connectivity index (χ1v) is 10.4. The van der Waals surface area contributed by atoms with Crippen molar-refractivity contribution in [3.05, 3.63) is 29.3 Å². The van der Waals surface area contributed by atoms with Crippen LogP contribution in [0.4, 0.5) is 10.5 Å². The van der Waals surface area contributed by atoms with Crippen molar-refractivity contribution in [2.45, 2.75) is 50.5 Å². The summed E-state index contributed by atoms with van der Waals surface area (Å²) in [6.45, 7) is 0. The topological polar surface area (TPSA) is 95.6 Å². The molecule has 4 aliphatic rings.